The van der Waals surface area contributed by atoms with Crippen LogP contribution in [0.5, 0.6) is 5.75 Å². The summed E-state index contributed by atoms with van der Waals surface area (Å²) in [4.78, 5) is 4.64. The van der Waals surface area contributed by atoms with E-state index in [0.717, 1.165) is 42.4 Å². The van der Waals surface area contributed by atoms with Gasteiger partial charge >= 0.3 is 0 Å². The number of nitrogens with one attached hydrogen (secondary N) is 1. The van der Waals surface area contributed by atoms with Crippen LogP contribution in [0.15, 0.2) is 18.2 Å². The molecule has 0 spiro atoms. The largest absolute Gasteiger partial charge is 0.497 e. The highest BCUT2D eigenvalue weighted by Crippen LogP contribution is 2.27. The second-order valence-corrected chi connectivity index (χ2v) is 5.46. The van der Waals surface area contributed by atoms with Crippen LogP contribution in [0.4, 0.5) is 0 Å². The molecule has 4 nitrogen and oxygen atoms in total. The zero-order chi connectivity index (χ0) is 12.4. The molecule has 0 saturated carbocycles. The maximum absolute atomic E-state index is 5.70. The van der Waals surface area contributed by atoms with Gasteiger partial charge < -0.3 is 14.8 Å². The van der Waals surface area contributed by atoms with E-state index in [1.165, 1.54) is 4.70 Å². The summed E-state index contributed by atoms with van der Waals surface area (Å²) in [5.41, 5.74) is 1.04. The summed E-state index contributed by atoms with van der Waals surface area (Å²) in [6.07, 6.45) is 1.13. The average molecular weight is 264 g/mol. The molecular formula is C13H16N2O2S. The Morgan fingerprint density at radius 1 is 1.56 bits per heavy atom. The van der Waals surface area contributed by atoms with Crippen LogP contribution in [-0.4, -0.2) is 37.9 Å². The fourth-order valence-corrected chi connectivity index (χ4v) is 3.17. The van der Waals surface area contributed by atoms with Gasteiger partial charge in [-0.05, 0) is 18.2 Å². The lowest BCUT2D eigenvalue weighted by Crippen LogP contribution is -2.39. The topological polar surface area (TPSA) is 43.4 Å². The van der Waals surface area contributed by atoms with Gasteiger partial charge in [0.25, 0.3) is 0 Å². The van der Waals surface area contributed by atoms with Crippen molar-refractivity contribution in [2.24, 2.45) is 0 Å². The molecule has 2 aromatic rings. The Morgan fingerprint density at radius 3 is 3.28 bits per heavy atom. The summed E-state index contributed by atoms with van der Waals surface area (Å²) in [5.74, 6) is 0.883. The summed E-state index contributed by atoms with van der Waals surface area (Å²) in [7, 11) is 1.69. The highest BCUT2D eigenvalue weighted by atomic mass is 32.1. The number of hydrogen-bond donors (Lipinski definition) is 1. The fourth-order valence-electron chi connectivity index (χ4n) is 2.11. The molecule has 3 rings (SSSR count). The lowest BCUT2D eigenvalue weighted by Gasteiger charge is -2.22. The van der Waals surface area contributed by atoms with Crippen LogP contribution in [0.2, 0.25) is 0 Å². The molecule has 0 radical (unpaired) electrons. The molecule has 2 heterocycles. The molecule has 1 saturated heterocycles. The Morgan fingerprint density at radius 2 is 2.50 bits per heavy atom. The SMILES string of the molecule is COc1ccc2nc(CC3CNCCO3)sc2c1. The van der Waals surface area contributed by atoms with Crippen molar-refractivity contribution < 1.29 is 9.47 Å². The Labute approximate surface area is 110 Å². The molecule has 0 amide bonds. The van der Waals surface area contributed by atoms with Gasteiger partial charge in [0.05, 0.1) is 35.0 Å². The van der Waals surface area contributed by atoms with E-state index in [0.29, 0.717) is 0 Å². The van der Waals surface area contributed by atoms with E-state index in [-0.39, 0.29) is 6.10 Å². The fraction of sp³-hybridized carbons (Fsp3) is 0.462. The molecular weight excluding hydrogens is 248 g/mol. The van der Waals surface area contributed by atoms with E-state index in [4.69, 9.17) is 9.47 Å². The van der Waals surface area contributed by atoms with Gasteiger partial charge in [0.2, 0.25) is 0 Å². The van der Waals surface area contributed by atoms with Crippen LogP contribution in [0.3, 0.4) is 0 Å². The van der Waals surface area contributed by atoms with Crippen LogP contribution >= 0.6 is 11.3 Å². The van der Waals surface area contributed by atoms with Gasteiger partial charge in [-0.15, -0.1) is 11.3 Å². The van der Waals surface area contributed by atoms with Crippen LogP contribution in [0.1, 0.15) is 5.01 Å². The maximum Gasteiger partial charge on any atom is 0.120 e. The monoisotopic (exact) mass is 264 g/mol. The van der Waals surface area contributed by atoms with Gasteiger partial charge in [-0.1, -0.05) is 0 Å². The van der Waals surface area contributed by atoms with E-state index in [2.05, 4.69) is 10.3 Å². The van der Waals surface area contributed by atoms with Crippen molar-refractivity contribution >= 4 is 21.6 Å². The first kappa shape index (κ1) is 11.9. The highest BCUT2D eigenvalue weighted by molar-refractivity contribution is 7.18. The summed E-state index contributed by atoms with van der Waals surface area (Å²) in [5, 5.41) is 4.47. The lowest BCUT2D eigenvalue weighted by molar-refractivity contribution is 0.0292. The maximum atomic E-state index is 5.70. The Balaban J connectivity index is 1.79. The van der Waals surface area contributed by atoms with Crippen molar-refractivity contribution in [3.05, 3.63) is 23.2 Å². The lowest BCUT2D eigenvalue weighted by atomic mass is 10.2. The number of fused-ring (bicyclic) bond motifs is 1. The number of hydrogen-bond acceptors (Lipinski definition) is 5. The molecule has 0 aliphatic carbocycles. The highest BCUT2D eigenvalue weighted by Gasteiger charge is 2.16. The van der Waals surface area contributed by atoms with E-state index in [1.807, 2.05) is 18.2 Å². The Hall–Kier alpha value is -1.17. The number of ether oxygens (including phenoxy) is 2. The number of nitrogens with zero attached hydrogens (tertiary/aromatic N) is 1. The molecule has 96 valence electrons. The third-order valence-corrected chi connectivity index (χ3v) is 4.09. The number of methoxy groups -OCH3 is 1. The van der Waals surface area contributed by atoms with Crippen molar-refractivity contribution in [1.29, 1.82) is 0 Å². The molecule has 5 heteroatoms. The first-order chi connectivity index (χ1) is 8.85. The minimum Gasteiger partial charge on any atom is -0.497 e. The quantitative estimate of drug-likeness (QED) is 0.918. The predicted octanol–water partition coefficient (Wildman–Crippen LogP) is 1.84. The van der Waals surface area contributed by atoms with Crippen molar-refractivity contribution in [3.63, 3.8) is 0 Å². The number of benzene rings is 1. The second kappa shape index (κ2) is 5.22. The van der Waals surface area contributed by atoms with Crippen molar-refractivity contribution in [3.8, 4) is 5.75 Å². The molecule has 1 aliphatic heterocycles. The first-order valence-corrected chi connectivity index (χ1v) is 6.92. The molecule has 0 bridgehead atoms. The number of morpholine rings is 1. The number of thiazole rings is 1. The van der Waals surface area contributed by atoms with Gasteiger partial charge in [0.15, 0.2) is 0 Å². The van der Waals surface area contributed by atoms with Crippen LogP contribution < -0.4 is 10.1 Å². The van der Waals surface area contributed by atoms with Crippen molar-refractivity contribution in [1.82, 2.24) is 10.3 Å². The van der Waals surface area contributed by atoms with Crippen molar-refractivity contribution in [2.45, 2.75) is 12.5 Å². The van der Waals surface area contributed by atoms with E-state index in [9.17, 15) is 0 Å². The van der Waals surface area contributed by atoms with E-state index >= 15 is 0 Å². The van der Waals surface area contributed by atoms with Gasteiger partial charge in [0.1, 0.15) is 5.75 Å². The summed E-state index contributed by atoms with van der Waals surface area (Å²) in [6.45, 7) is 2.66. The molecule has 18 heavy (non-hydrogen) atoms. The molecule has 1 N–H and O–H groups in total. The molecule has 1 aromatic heterocycles. The zero-order valence-corrected chi connectivity index (χ0v) is 11.1. The molecule has 1 aliphatic rings. The van der Waals surface area contributed by atoms with Gasteiger partial charge in [0, 0.05) is 19.5 Å². The Kier molecular flexibility index (Phi) is 3.45. The third kappa shape index (κ3) is 2.48. The minimum atomic E-state index is 0.251. The van der Waals surface area contributed by atoms with Gasteiger partial charge in [-0.3, -0.25) is 0 Å². The molecule has 1 unspecified atom stereocenters. The first-order valence-electron chi connectivity index (χ1n) is 6.11. The smallest absolute Gasteiger partial charge is 0.120 e. The van der Waals surface area contributed by atoms with Crippen LogP contribution in [0, 0.1) is 0 Å². The average Bonchev–Trinajstić information content (AvgIpc) is 2.80. The van der Waals surface area contributed by atoms with E-state index < -0.39 is 0 Å². The third-order valence-electron chi connectivity index (χ3n) is 3.05. The number of rotatable bonds is 3. The predicted molar refractivity (Wildman–Crippen MR) is 72.5 cm³/mol. The molecule has 1 aromatic carbocycles. The normalized spacial score (nSPS) is 20.2. The van der Waals surface area contributed by atoms with Crippen LogP contribution in [-0.2, 0) is 11.2 Å². The number of aromatic nitrogens is 1. The summed E-state index contributed by atoms with van der Waals surface area (Å²) < 4.78 is 12.1. The summed E-state index contributed by atoms with van der Waals surface area (Å²) in [6, 6.07) is 6.00. The van der Waals surface area contributed by atoms with Gasteiger partial charge in [-0.25, -0.2) is 4.98 Å². The zero-order valence-electron chi connectivity index (χ0n) is 10.3. The standard InChI is InChI=1S/C13H16N2O2S/c1-16-9-2-3-11-12(6-9)18-13(15-11)7-10-8-14-4-5-17-10/h2-3,6,10,14H,4-5,7-8H2,1H3. The van der Waals surface area contributed by atoms with Crippen LogP contribution in [0.25, 0.3) is 10.2 Å². The second-order valence-electron chi connectivity index (χ2n) is 4.34. The van der Waals surface area contributed by atoms with Gasteiger partial charge in [-0.2, -0.15) is 0 Å². The Bertz CT molecular complexity index is 535. The summed E-state index contributed by atoms with van der Waals surface area (Å²) >= 11 is 1.72. The molecule has 1 atom stereocenters. The van der Waals surface area contributed by atoms with E-state index in [1.54, 1.807) is 18.4 Å². The van der Waals surface area contributed by atoms with Crippen molar-refractivity contribution in [2.75, 3.05) is 26.8 Å². The minimum absolute atomic E-state index is 0.251. The molecule has 1 fully saturated rings.